The normalized spacial score (nSPS) is 11.4. The molecule has 5 nitrogen and oxygen atoms in total. The van der Waals surface area contributed by atoms with E-state index in [9.17, 15) is 18.0 Å². The number of anilines is 1. The summed E-state index contributed by atoms with van der Waals surface area (Å²) in [6, 6.07) is 21.1. The van der Waals surface area contributed by atoms with E-state index in [1.54, 1.807) is 0 Å². The molecule has 0 aliphatic rings. The minimum atomic E-state index is -4.51. The van der Waals surface area contributed by atoms with Crippen LogP contribution in [0.3, 0.4) is 0 Å². The number of hydrogen-bond donors (Lipinski definition) is 1. The number of halogens is 3. The second-order valence-electron chi connectivity index (χ2n) is 6.91. The molecule has 0 saturated heterocycles. The van der Waals surface area contributed by atoms with Gasteiger partial charge in [0, 0.05) is 11.3 Å². The van der Waals surface area contributed by atoms with E-state index in [-0.39, 0.29) is 11.5 Å². The van der Waals surface area contributed by atoms with E-state index >= 15 is 0 Å². The predicted octanol–water partition coefficient (Wildman–Crippen LogP) is 5.51. The Morgan fingerprint density at radius 2 is 1.65 bits per heavy atom. The maximum absolute atomic E-state index is 12.9. The van der Waals surface area contributed by atoms with Gasteiger partial charge in [0.25, 0.3) is 5.91 Å². The SMILES string of the molecule is Cc1ccc(-n2nc(C(=O)Nc3cccc(C(F)(F)F)c3)nc2-c2ccccc2)cc1. The molecule has 4 aromatic rings. The van der Waals surface area contributed by atoms with Gasteiger partial charge in [0.15, 0.2) is 5.82 Å². The largest absolute Gasteiger partial charge is 0.416 e. The first-order chi connectivity index (χ1) is 14.8. The van der Waals surface area contributed by atoms with Crippen LogP contribution in [0.25, 0.3) is 17.1 Å². The van der Waals surface area contributed by atoms with Crippen molar-refractivity contribution in [1.29, 1.82) is 0 Å². The second kappa shape index (κ2) is 8.06. The number of aromatic nitrogens is 3. The van der Waals surface area contributed by atoms with E-state index in [0.717, 1.165) is 23.3 Å². The minimum absolute atomic E-state index is 0.00720. The van der Waals surface area contributed by atoms with E-state index in [0.29, 0.717) is 11.5 Å². The summed E-state index contributed by atoms with van der Waals surface area (Å²) < 4.78 is 40.4. The molecule has 0 saturated carbocycles. The molecule has 31 heavy (non-hydrogen) atoms. The van der Waals surface area contributed by atoms with Gasteiger partial charge in [-0.05, 0) is 37.3 Å². The van der Waals surface area contributed by atoms with Crippen LogP contribution in [0.2, 0.25) is 0 Å². The average Bonchev–Trinajstić information content (AvgIpc) is 3.20. The van der Waals surface area contributed by atoms with Crippen molar-refractivity contribution in [2.45, 2.75) is 13.1 Å². The molecule has 3 aromatic carbocycles. The molecule has 1 aromatic heterocycles. The Hall–Kier alpha value is -3.94. The van der Waals surface area contributed by atoms with Crippen molar-refractivity contribution >= 4 is 11.6 Å². The quantitative estimate of drug-likeness (QED) is 0.472. The lowest BCUT2D eigenvalue weighted by atomic mass is 10.2. The summed E-state index contributed by atoms with van der Waals surface area (Å²) in [7, 11) is 0. The van der Waals surface area contributed by atoms with E-state index in [2.05, 4.69) is 15.4 Å². The van der Waals surface area contributed by atoms with Gasteiger partial charge in [0.2, 0.25) is 5.82 Å². The smallest absolute Gasteiger partial charge is 0.319 e. The summed E-state index contributed by atoms with van der Waals surface area (Å²) in [6.07, 6.45) is -4.51. The fourth-order valence-electron chi connectivity index (χ4n) is 3.01. The highest BCUT2D eigenvalue weighted by Crippen LogP contribution is 2.30. The summed E-state index contributed by atoms with van der Waals surface area (Å²) in [5.41, 5.74) is 1.66. The van der Waals surface area contributed by atoms with Gasteiger partial charge in [-0.25, -0.2) is 9.67 Å². The first kappa shape index (κ1) is 20.3. The Balaban J connectivity index is 1.70. The summed E-state index contributed by atoms with van der Waals surface area (Å²) in [4.78, 5) is 17.1. The number of aryl methyl sites for hydroxylation is 1. The Labute approximate surface area is 176 Å². The maximum Gasteiger partial charge on any atom is 0.416 e. The molecule has 4 rings (SSSR count). The summed E-state index contributed by atoms with van der Waals surface area (Å²) >= 11 is 0. The highest BCUT2D eigenvalue weighted by molar-refractivity contribution is 6.01. The standard InChI is InChI=1S/C23H17F3N4O/c1-15-10-12-19(13-11-15)30-21(16-6-3-2-4-7-16)28-20(29-30)22(31)27-18-9-5-8-17(14-18)23(24,25)26/h2-14H,1H3,(H,27,31). The highest BCUT2D eigenvalue weighted by Gasteiger charge is 2.30. The molecule has 0 unspecified atom stereocenters. The molecular formula is C23H17F3N4O. The van der Waals surface area contributed by atoms with Gasteiger partial charge in [-0.2, -0.15) is 13.2 Å². The monoisotopic (exact) mass is 422 g/mol. The van der Waals surface area contributed by atoms with Crippen LogP contribution < -0.4 is 5.32 Å². The molecule has 8 heteroatoms. The number of alkyl halides is 3. The van der Waals surface area contributed by atoms with Crippen LogP contribution in [0, 0.1) is 6.92 Å². The number of carbonyl (C=O) groups is 1. The molecule has 0 bridgehead atoms. The lowest BCUT2D eigenvalue weighted by molar-refractivity contribution is -0.137. The van der Waals surface area contributed by atoms with Gasteiger partial charge in [-0.1, -0.05) is 54.1 Å². The zero-order valence-electron chi connectivity index (χ0n) is 16.4. The van der Waals surface area contributed by atoms with Crippen molar-refractivity contribution in [2.75, 3.05) is 5.32 Å². The molecule has 156 valence electrons. The number of carbonyl (C=O) groups excluding carboxylic acids is 1. The second-order valence-corrected chi connectivity index (χ2v) is 6.91. The fourth-order valence-corrected chi connectivity index (χ4v) is 3.01. The third-order valence-electron chi connectivity index (χ3n) is 4.57. The third-order valence-corrected chi connectivity index (χ3v) is 4.57. The number of rotatable bonds is 4. The van der Waals surface area contributed by atoms with Gasteiger partial charge in [0.05, 0.1) is 11.3 Å². The van der Waals surface area contributed by atoms with Crippen LogP contribution in [-0.4, -0.2) is 20.7 Å². The Morgan fingerprint density at radius 3 is 2.32 bits per heavy atom. The van der Waals surface area contributed by atoms with Crippen LogP contribution in [0.5, 0.6) is 0 Å². The van der Waals surface area contributed by atoms with Crippen LogP contribution in [0.15, 0.2) is 78.9 Å². The lowest BCUT2D eigenvalue weighted by Crippen LogP contribution is -2.15. The number of amides is 1. The van der Waals surface area contributed by atoms with Gasteiger partial charge in [0.1, 0.15) is 0 Å². The molecule has 0 aliphatic carbocycles. The van der Waals surface area contributed by atoms with Gasteiger partial charge in [-0.3, -0.25) is 4.79 Å². The van der Waals surface area contributed by atoms with Crippen molar-refractivity contribution in [3.8, 4) is 17.1 Å². The molecule has 1 N–H and O–H groups in total. The van der Waals surface area contributed by atoms with Crippen molar-refractivity contribution in [3.63, 3.8) is 0 Å². The van der Waals surface area contributed by atoms with Crippen molar-refractivity contribution in [3.05, 3.63) is 95.8 Å². The average molecular weight is 422 g/mol. The first-order valence-electron chi connectivity index (χ1n) is 9.39. The molecule has 1 amide bonds. The zero-order valence-corrected chi connectivity index (χ0v) is 16.4. The minimum Gasteiger partial charge on any atom is -0.319 e. The molecule has 0 atom stereocenters. The Kier molecular flexibility index (Phi) is 5.29. The topological polar surface area (TPSA) is 59.8 Å². The third kappa shape index (κ3) is 4.48. The van der Waals surface area contributed by atoms with Gasteiger partial charge >= 0.3 is 6.18 Å². The predicted molar refractivity (Wildman–Crippen MR) is 111 cm³/mol. The molecule has 1 heterocycles. The van der Waals surface area contributed by atoms with Crippen LogP contribution >= 0.6 is 0 Å². The number of benzene rings is 3. The molecule has 0 radical (unpaired) electrons. The van der Waals surface area contributed by atoms with E-state index < -0.39 is 17.6 Å². The highest BCUT2D eigenvalue weighted by atomic mass is 19.4. The molecule has 0 fully saturated rings. The Morgan fingerprint density at radius 1 is 0.935 bits per heavy atom. The first-order valence-corrected chi connectivity index (χ1v) is 9.39. The van der Waals surface area contributed by atoms with Crippen LogP contribution in [0.1, 0.15) is 21.7 Å². The molecular weight excluding hydrogens is 405 g/mol. The summed E-state index contributed by atoms with van der Waals surface area (Å²) in [5, 5.41) is 6.77. The lowest BCUT2D eigenvalue weighted by Gasteiger charge is -2.08. The van der Waals surface area contributed by atoms with Crippen molar-refractivity contribution in [1.82, 2.24) is 14.8 Å². The van der Waals surface area contributed by atoms with Gasteiger partial charge in [-0.15, -0.1) is 5.10 Å². The van der Waals surface area contributed by atoms with Crippen LogP contribution in [-0.2, 0) is 6.18 Å². The van der Waals surface area contributed by atoms with Crippen molar-refractivity contribution in [2.24, 2.45) is 0 Å². The maximum atomic E-state index is 12.9. The number of hydrogen-bond acceptors (Lipinski definition) is 3. The van der Waals surface area contributed by atoms with E-state index in [4.69, 9.17) is 0 Å². The number of nitrogens with zero attached hydrogens (tertiary/aromatic N) is 3. The molecule has 0 aliphatic heterocycles. The van der Waals surface area contributed by atoms with Crippen LogP contribution in [0.4, 0.5) is 18.9 Å². The van der Waals surface area contributed by atoms with Crippen molar-refractivity contribution < 1.29 is 18.0 Å². The Bertz CT molecular complexity index is 1220. The van der Waals surface area contributed by atoms with E-state index in [1.165, 1.54) is 16.8 Å². The summed E-state index contributed by atoms with van der Waals surface area (Å²) in [6.45, 7) is 1.96. The van der Waals surface area contributed by atoms with E-state index in [1.807, 2.05) is 61.5 Å². The molecule has 0 spiro atoms. The van der Waals surface area contributed by atoms with Gasteiger partial charge < -0.3 is 5.32 Å². The zero-order chi connectivity index (χ0) is 22.0. The summed E-state index contributed by atoms with van der Waals surface area (Å²) in [5.74, 6) is -0.419. The number of nitrogens with one attached hydrogen (secondary N) is 1. The fraction of sp³-hybridized carbons (Fsp3) is 0.0870.